The van der Waals surface area contributed by atoms with Gasteiger partial charge in [0.25, 0.3) is 5.91 Å². The van der Waals surface area contributed by atoms with Crippen molar-refractivity contribution in [2.24, 2.45) is 7.05 Å². The fraction of sp³-hybridized carbons (Fsp3) is 0.391. The first-order valence-corrected chi connectivity index (χ1v) is 11.3. The Bertz CT molecular complexity index is 1240. The first-order valence-electron chi connectivity index (χ1n) is 10.4. The van der Waals surface area contributed by atoms with E-state index >= 15 is 0 Å². The number of aliphatic hydroxyl groups is 1. The molecule has 1 aromatic heterocycles. The van der Waals surface area contributed by atoms with Gasteiger partial charge in [0.2, 0.25) is 0 Å². The Kier molecular flexibility index (Phi) is 7.90. The number of ether oxygens (including phenoxy) is 2. The quantitative estimate of drug-likeness (QED) is 0.314. The first kappa shape index (κ1) is 27.1. The van der Waals surface area contributed by atoms with E-state index in [9.17, 15) is 23.1 Å². The number of nitrogens with zero attached hydrogens (tertiary/aromatic N) is 2. The van der Waals surface area contributed by atoms with Crippen LogP contribution in [0.4, 0.5) is 13.2 Å². The van der Waals surface area contributed by atoms with Gasteiger partial charge in [0.05, 0.1) is 41.2 Å². The standard InChI is InChI=1S/C23H24Cl2F3N3O4/c1-22(2,11-35-18(32)10-24)29-21(33)19-14-6-5-12(9-17(14)31(3)30-19)13-7-15(23(26,27)28)20(34-4)16(25)8-13/h5-9,18,32H,10-11H2,1-4H3,(H,29,33). The molecule has 0 aliphatic heterocycles. The highest BCUT2D eigenvalue weighted by molar-refractivity contribution is 6.32. The molecule has 3 aromatic rings. The number of aryl methyl sites for hydroxylation is 1. The molecule has 3 rings (SSSR count). The number of methoxy groups -OCH3 is 1. The van der Waals surface area contributed by atoms with Gasteiger partial charge < -0.3 is 19.9 Å². The second-order valence-corrected chi connectivity index (χ2v) is 9.21. The van der Waals surface area contributed by atoms with Crippen molar-refractivity contribution in [3.63, 3.8) is 0 Å². The molecule has 1 unspecified atom stereocenters. The number of alkyl halides is 4. The van der Waals surface area contributed by atoms with Crippen LogP contribution < -0.4 is 10.1 Å². The van der Waals surface area contributed by atoms with Crippen LogP contribution >= 0.6 is 23.2 Å². The van der Waals surface area contributed by atoms with E-state index in [2.05, 4.69) is 10.4 Å². The molecule has 2 aromatic carbocycles. The molecule has 1 atom stereocenters. The van der Waals surface area contributed by atoms with Crippen LogP contribution in [0.15, 0.2) is 30.3 Å². The third kappa shape index (κ3) is 6.00. The van der Waals surface area contributed by atoms with E-state index in [1.54, 1.807) is 39.1 Å². The molecule has 12 heteroatoms. The second kappa shape index (κ2) is 10.2. The number of carbonyl (C=O) groups is 1. The van der Waals surface area contributed by atoms with E-state index in [0.29, 0.717) is 16.5 Å². The molecule has 190 valence electrons. The molecule has 0 radical (unpaired) electrons. The van der Waals surface area contributed by atoms with Crippen LogP contribution in [0.1, 0.15) is 29.9 Å². The van der Waals surface area contributed by atoms with Gasteiger partial charge in [-0.15, -0.1) is 11.6 Å². The van der Waals surface area contributed by atoms with E-state index in [-0.39, 0.29) is 28.8 Å². The van der Waals surface area contributed by atoms with E-state index in [1.807, 2.05) is 0 Å². The predicted molar refractivity (Wildman–Crippen MR) is 127 cm³/mol. The zero-order valence-electron chi connectivity index (χ0n) is 19.3. The summed E-state index contributed by atoms with van der Waals surface area (Å²) in [7, 11) is 2.74. The molecule has 0 aliphatic carbocycles. The lowest BCUT2D eigenvalue weighted by atomic mass is 10.00. The number of benzene rings is 2. The number of hydrogen-bond donors (Lipinski definition) is 2. The zero-order valence-corrected chi connectivity index (χ0v) is 20.8. The van der Waals surface area contributed by atoms with Crippen LogP contribution in [0.2, 0.25) is 5.02 Å². The average molecular weight is 534 g/mol. The van der Waals surface area contributed by atoms with Crippen LogP contribution in [0, 0.1) is 0 Å². The SMILES string of the molecule is COc1c(Cl)cc(-c2ccc3c(C(=O)NC(C)(C)COC(O)CCl)nn(C)c3c2)cc1C(F)(F)F. The molecule has 0 spiro atoms. The number of rotatable bonds is 8. The molecular weight excluding hydrogens is 510 g/mol. The monoisotopic (exact) mass is 533 g/mol. The van der Waals surface area contributed by atoms with Crippen molar-refractivity contribution in [2.45, 2.75) is 31.9 Å². The smallest absolute Gasteiger partial charge is 0.420 e. The third-order valence-electron chi connectivity index (χ3n) is 5.17. The minimum atomic E-state index is -4.66. The topological polar surface area (TPSA) is 85.6 Å². The number of halogens is 5. The number of carbonyl (C=O) groups excluding carboxylic acids is 1. The van der Waals surface area contributed by atoms with Gasteiger partial charge in [-0.3, -0.25) is 9.48 Å². The highest BCUT2D eigenvalue weighted by Crippen LogP contribution is 2.43. The fourth-order valence-electron chi connectivity index (χ4n) is 3.53. The number of aromatic nitrogens is 2. The maximum absolute atomic E-state index is 13.5. The average Bonchev–Trinajstić information content (AvgIpc) is 3.12. The lowest BCUT2D eigenvalue weighted by Gasteiger charge is -2.26. The van der Waals surface area contributed by atoms with Crippen molar-refractivity contribution in [2.75, 3.05) is 19.6 Å². The number of fused-ring (bicyclic) bond motifs is 1. The van der Waals surface area contributed by atoms with Crippen molar-refractivity contribution < 1.29 is 32.5 Å². The third-order valence-corrected chi connectivity index (χ3v) is 5.72. The number of hydrogen-bond acceptors (Lipinski definition) is 5. The van der Waals surface area contributed by atoms with Crippen LogP contribution in [-0.4, -0.2) is 52.2 Å². The summed E-state index contributed by atoms with van der Waals surface area (Å²) in [5, 5.41) is 16.9. The van der Waals surface area contributed by atoms with Gasteiger partial charge >= 0.3 is 6.18 Å². The highest BCUT2D eigenvalue weighted by atomic mass is 35.5. The van der Waals surface area contributed by atoms with E-state index in [0.717, 1.165) is 13.2 Å². The maximum atomic E-state index is 13.5. The summed E-state index contributed by atoms with van der Waals surface area (Å²) in [5.74, 6) is -1.04. The largest absolute Gasteiger partial charge is 0.495 e. The molecule has 35 heavy (non-hydrogen) atoms. The summed E-state index contributed by atoms with van der Waals surface area (Å²) in [6.45, 7) is 3.42. The zero-order chi connectivity index (χ0) is 26.1. The van der Waals surface area contributed by atoms with Crippen LogP contribution in [0.5, 0.6) is 5.75 Å². The molecule has 0 bridgehead atoms. The lowest BCUT2D eigenvalue weighted by Crippen LogP contribution is -2.48. The van der Waals surface area contributed by atoms with Crippen molar-refractivity contribution in [3.05, 3.63) is 46.6 Å². The normalized spacial score (nSPS) is 13.2. The Morgan fingerprint density at radius 1 is 1.23 bits per heavy atom. The van der Waals surface area contributed by atoms with Crippen molar-refractivity contribution in [1.29, 1.82) is 0 Å². The van der Waals surface area contributed by atoms with Gasteiger partial charge in [0.15, 0.2) is 12.0 Å². The van der Waals surface area contributed by atoms with Gasteiger partial charge in [0, 0.05) is 12.4 Å². The molecule has 0 saturated carbocycles. The summed E-state index contributed by atoms with van der Waals surface area (Å²) in [5.41, 5.74) is -0.499. The summed E-state index contributed by atoms with van der Waals surface area (Å²) >= 11 is 11.6. The van der Waals surface area contributed by atoms with Crippen LogP contribution in [-0.2, 0) is 18.0 Å². The van der Waals surface area contributed by atoms with Gasteiger partial charge in [-0.05, 0) is 49.2 Å². The number of nitrogens with one attached hydrogen (secondary N) is 1. The van der Waals surface area contributed by atoms with Crippen molar-refractivity contribution in [3.8, 4) is 16.9 Å². The highest BCUT2D eigenvalue weighted by Gasteiger charge is 2.36. The first-order chi connectivity index (χ1) is 16.3. The Morgan fingerprint density at radius 3 is 2.51 bits per heavy atom. The maximum Gasteiger partial charge on any atom is 0.420 e. The summed E-state index contributed by atoms with van der Waals surface area (Å²) < 4.78 is 52.2. The van der Waals surface area contributed by atoms with Gasteiger partial charge in [-0.1, -0.05) is 17.7 Å². The number of aliphatic hydroxyl groups excluding tert-OH is 1. The fourth-order valence-corrected chi connectivity index (χ4v) is 3.92. The molecule has 2 N–H and O–H groups in total. The molecule has 7 nitrogen and oxygen atoms in total. The van der Waals surface area contributed by atoms with Gasteiger partial charge in [-0.2, -0.15) is 18.3 Å². The Morgan fingerprint density at radius 2 is 1.91 bits per heavy atom. The molecule has 1 heterocycles. The van der Waals surface area contributed by atoms with E-state index in [4.69, 9.17) is 32.7 Å². The molecular formula is C23H24Cl2F3N3O4. The van der Waals surface area contributed by atoms with Gasteiger partial charge in [-0.25, -0.2) is 0 Å². The molecule has 0 saturated heterocycles. The van der Waals surface area contributed by atoms with Crippen molar-refractivity contribution >= 4 is 40.0 Å². The minimum absolute atomic E-state index is 0.00130. The lowest BCUT2D eigenvalue weighted by molar-refractivity contribution is -0.138. The molecule has 0 fully saturated rings. The van der Waals surface area contributed by atoms with E-state index < -0.39 is 35.2 Å². The molecule has 1 amide bonds. The Balaban J connectivity index is 1.96. The van der Waals surface area contributed by atoms with E-state index in [1.165, 1.54) is 10.7 Å². The Labute approximate surface area is 209 Å². The predicted octanol–water partition coefficient (Wildman–Crippen LogP) is 5.00. The second-order valence-electron chi connectivity index (χ2n) is 8.50. The van der Waals surface area contributed by atoms with Crippen molar-refractivity contribution in [1.82, 2.24) is 15.1 Å². The van der Waals surface area contributed by atoms with Gasteiger partial charge in [0.1, 0.15) is 5.75 Å². The van der Waals surface area contributed by atoms with Crippen LogP contribution in [0.25, 0.3) is 22.0 Å². The summed E-state index contributed by atoms with van der Waals surface area (Å²) in [4.78, 5) is 12.9. The minimum Gasteiger partial charge on any atom is -0.495 e. The summed E-state index contributed by atoms with van der Waals surface area (Å²) in [6, 6.07) is 7.18. The Hall–Kier alpha value is -2.53. The number of amides is 1. The molecule has 0 aliphatic rings. The summed E-state index contributed by atoms with van der Waals surface area (Å²) in [6.07, 6.45) is -5.82. The van der Waals surface area contributed by atoms with Crippen LogP contribution in [0.3, 0.4) is 0 Å².